The van der Waals surface area contributed by atoms with E-state index in [1.165, 1.54) is 0 Å². The number of amides is 1. The largest absolute Gasteiger partial charge is 0.389 e. The van der Waals surface area contributed by atoms with E-state index in [9.17, 15) is 9.90 Å². The number of piperidine rings is 2. The lowest BCUT2D eigenvalue weighted by Crippen LogP contribution is -2.51. The zero-order valence-corrected chi connectivity index (χ0v) is 13.1. The monoisotopic (exact) mass is 282 g/mol. The molecule has 1 amide bonds. The average Bonchev–Trinajstić information content (AvgIpc) is 2.49. The second kappa shape index (κ2) is 6.90. The molecule has 0 aromatic carbocycles. The zero-order chi connectivity index (χ0) is 14.6. The summed E-state index contributed by atoms with van der Waals surface area (Å²) in [5, 5.41) is 10.4. The number of carbonyl (C=O) groups is 1. The van der Waals surface area contributed by atoms with Gasteiger partial charge in [-0.2, -0.15) is 0 Å². The summed E-state index contributed by atoms with van der Waals surface area (Å²) >= 11 is 0. The van der Waals surface area contributed by atoms with Gasteiger partial charge in [-0.1, -0.05) is 13.8 Å². The van der Waals surface area contributed by atoms with Crippen LogP contribution in [0.25, 0.3) is 0 Å². The SMILES string of the molecule is CCC(O)(CC)CN1CCC(N2CCCCC2=O)CC1. The van der Waals surface area contributed by atoms with Crippen molar-refractivity contribution in [2.45, 2.75) is 70.4 Å². The highest BCUT2D eigenvalue weighted by atomic mass is 16.3. The van der Waals surface area contributed by atoms with E-state index in [4.69, 9.17) is 0 Å². The first-order chi connectivity index (χ1) is 9.58. The van der Waals surface area contributed by atoms with E-state index in [-0.39, 0.29) is 0 Å². The maximum Gasteiger partial charge on any atom is 0.222 e. The van der Waals surface area contributed by atoms with Crippen LogP contribution in [0.15, 0.2) is 0 Å². The molecule has 1 N–H and O–H groups in total. The van der Waals surface area contributed by atoms with E-state index < -0.39 is 5.60 Å². The Morgan fingerprint density at radius 2 is 1.80 bits per heavy atom. The topological polar surface area (TPSA) is 43.8 Å². The summed E-state index contributed by atoms with van der Waals surface area (Å²) in [4.78, 5) is 16.5. The minimum absolute atomic E-state index is 0.355. The Balaban J connectivity index is 1.81. The fourth-order valence-electron chi connectivity index (χ4n) is 3.49. The number of aliphatic hydroxyl groups is 1. The van der Waals surface area contributed by atoms with E-state index in [0.29, 0.717) is 11.9 Å². The molecule has 2 rings (SSSR count). The van der Waals surface area contributed by atoms with Crippen molar-refractivity contribution in [1.82, 2.24) is 9.80 Å². The van der Waals surface area contributed by atoms with Gasteiger partial charge in [-0.05, 0) is 38.5 Å². The maximum absolute atomic E-state index is 12.0. The summed E-state index contributed by atoms with van der Waals surface area (Å²) in [6.45, 7) is 7.87. The van der Waals surface area contributed by atoms with E-state index in [2.05, 4.69) is 23.6 Å². The Kier molecular flexibility index (Phi) is 5.44. The van der Waals surface area contributed by atoms with Crippen LogP contribution in [0.1, 0.15) is 58.8 Å². The van der Waals surface area contributed by atoms with Crippen LogP contribution in [0.3, 0.4) is 0 Å². The first-order valence-corrected chi connectivity index (χ1v) is 8.32. The van der Waals surface area contributed by atoms with Crippen LogP contribution in [-0.2, 0) is 4.79 Å². The predicted molar refractivity (Wildman–Crippen MR) is 80.6 cm³/mol. The van der Waals surface area contributed by atoms with Gasteiger partial charge in [0.15, 0.2) is 0 Å². The van der Waals surface area contributed by atoms with Gasteiger partial charge in [-0.15, -0.1) is 0 Å². The molecule has 0 radical (unpaired) electrons. The molecule has 0 aromatic heterocycles. The van der Waals surface area contributed by atoms with Gasteiger partial charge in [0.2, 0.25) is 5.91 Å². The molecular formula is C16H30N2O2. The van der Waals surface area contributed by atoms with E-state index in [1.807, 2.05) is 0 Å². The van der Waals surface area contributed by atoms with Gasteiger partial charge in [0.1, 0.15) is 0 Å². The van der Waals surface area contributed by atoms with Crippen molar-refractivity contribution in [3.8, 4) is 0 Å². The number of carbonyl (C=O) groups excluding carboxylic acids is 1. The van der Waals surface area contributed by atoms with Crippen molar-refractivity contribution in [2.75, 3.05) is 26.2 Å². The molecule has 0 saturated carbocycles. The van der Waals surface area contributed by atoms with Crippen molar-refractivity contribution in [2.24, 2.45) is 0 Å². The highest BCUT2D eigenvalue weighted by Crippen LogP contribution is 2.24. The predicted octanol–water partition coefficient (Wildman–Crippen LogP) is 2.01. The molecule has 2 fully saturated rings. The third-order valence-electron chi connectivity index (χ3n) is 5.19. The maximum atomic E-state index is 12.0. The smallest absolute Gasteiger partial charge is 0.222 e. The van der Waals surface area contributed by atoms with Crippen LogP contribution in [0.2, 0.25) is 0 Å². The van der Waals surface area contributed by atoms with Gasteiger partial charge < -0.3 is 14.9 Å². The van der Waals surface area contributed by atoms with Gasteiger partial charge in [0, 0.05) is 38.6 Å². The highest BCUT2D eigenvalue weighted by molar-refractivity contribution is 5.77. The molecule has 2 saturated heterocycles. The fourth-order valence-corrected chi connectivity index (χ4v) is 3.49. The van der Waals surface area contributed by atoms with E-state index in [0.717, 1.165) is 71.1 Å². The molecule has 2 aliphatic heterocycles. The molecule has 4 nitrogen and oxygen atoms in total. The third-order valence-corrected chi connectivity index (χ3v) is 5.19. The van der Waals surface area contributed by atoms with E-state index >= 15 is 0 Å². The first-order valence-electron chi connectivity index (χ1n) is 8.32. The van der Waals surface area contributed by atoms with Crippen LogP contribution in [0.4, 0.5) is 0 Å². The van der Waals surface area contributed by atoms with Gasteiger partial charge in [-0.3, -0.25) is 4.79 Å². The lowest BCUT2D eigenvalue weighted by Gasteiger charge is -2.42. The van der Waals surface area contributed by atoms with Gasteiger partial charge in [-0.25, -0.2) is 0 Å². The molecule has 0 atom stereocenters. The number of likely N-dealkylation sites (tertiary alicyclic amines) is 2. The molecule has 4 heteroatoms. The highest BCUT2D eigenvalue weighted by Gasteiger charge is 2.32. The Morgan fingerprint density at radius 1 is 1.15 bits per heavy atom. The molecular weight excluding hydrogens is 252 g/mol. The Morgan fingerprint density at radius 3 is 2.35 bits per heavy atom. The third kappa shape index (κ3) is 3.73. The Labute approximate surface area is 123 Å². The zero-order valence-electron chi connectivity index (χ0n) is 13.1. The summed E-state index contributed by atoms with van der Waals surface area (Å²) in [6.07, 6.45) is 6.73. The quantitative estimate of drug-likeness (QED) is 0.839. The second-order valence-electron chi connectivity index (χ2n) is 6.48. The Bertz CT molecular complexity index is 320. The lowest BCUT2D eigenvalue weighted by atomic mass is 9.94. The summed E-state index contributed by atoms with van der Waals surface area (Å²) in [7, 11) is 0. The van der Waals surface area contributed by atoms with Crippen molar-refractivity contribution < 1.29 is 9.90 Å². The summed E-state index contributed by atoms with van der Waals surface area (Å²) in [5.41, 5.74) is -0.534. The first kappa shape index (κ1) is 15.8. The lowest BCUT2D eigenvalue weighted by molar-refractivity contribution is -0.137. The van der Waals surface area contributed by atoms with Crippen molar-refractivity contribution >= 4 is 5.91 Å². The minimum atomic E-state index is -0.534. The van der Waals surface area contributed by atoms with E-state index in [1.54, 1.807) is 0 Å². The molecule has 2 heterocycles. The minimum Gasteiger partial charge on any atom is -0.389 e. The Hall–Kier alpha value is -0.610. The number of nitrogens with zero attached hydrogens (tertiary/aromatic N) is 2. The van der Waals surface area contributed by atoms with Crippen LogP contribution in [0, 0.1) is 0 Å². The van der Waals surface area contributed by atoms with Crippen LogP contribution in [0.5, 0.6) is 0 Å². The van der Waals surface area contributed by atoms with Crippen LogP contribution < -0.4 is 0 Å². The number of β-amino-alcohol motifs (C(OH)–C–C–N with tert-alkyl or cyclic N) is 1. The summed E-state index contributed by atoms with van der Waals surface area (Å²) in [5.74, 6) is 0.355. The molecule has 0 aliphatic carbocycles. The number of hydrogen-bond acceptors (Lipinski definition) is 3. The molecule has 116 valence electrons. The van der Waals surface area contributed by atoms with Crippen molar-refractivity contribution in [3.05, 3.63) is 0 Å². The molecule has 20 heavy (non-hydrogen) atoms. The standard InChI is InChI=1S/C16H30N2O2/c1-3-16(20,4-2)13-17-11-8-14(9-12-17)18-10-6-5-7-15(18)19/h14,20H,3-13H2,1-2H3. The molecule has 0 aromatic rings. The normalized spacial score (nSPS) is 23.4. The fraction of sp³-hybridized carbons (Fsp3) is 0.938. The average molecular weight is 282 g/mol. The molecule has 0 unspecified atom stereocenters. The van der Waals surface area contributed by atoms with Gasteiger partial charge >= 0.3 is 0 Å². The van der Waals surface area contributed by atoms with Gasteiger partial charge in [0.05, 0.1) is 5.60 Å². The second-order valence-corrected chi connectivity index (χ2v) is 6.48. The summed E-state index contributed by atoms with van der Waals surface area (Å²) < 4.78 is 0. The van der Waals surface area contributed by atoms with Crippen molar-refractivity contribution in [3.63, 3.8) is 0 Å². The molecule has 0 bridgehead atoms. The number of rotatable bonds is 5. The van der Waals surface area contributed by atoms with Crippen LogP contribution in [-0.4, -0.2) is 58.6 Å². The molecule has 0 spiro atoms. The van der Waals surface area contributed by atoms with Crippen molar-refractivity contribution in [1.29, 1.82) is 0 Å². The number of hydrogen-bond donors (Lipinski definition) is 1. The molecule has 2 aliphatic rings. The van der Waals surface area contributed by atoms with Gasteiger partial charge in [0.25, 0.3) is 0 Å². The summed E-state index contributed by atoms with van der Waals surface area (Å²) in [6, 6.07) is 0.440. The van der Waals surface area contributed by atoms with Crippen LogP contribution >= 0.6 is 0 Å².